The quantitative estimate of drug-likeness (QED) is 0.399. The number of β-amino-alcohol motifs (C(OH)–C–C–N with tert-alkyl or cyclic N) is 1. The Hall–Kier alpha value is -3.74. The molecule has 220 valence electrons. The highest BCUT2D eigenvalue weighted by molar-refractivity contribution is 7.89. The van der Waals surface area contributed by atoms with Gasteiger partial charge in [-0.15, -0.1) is 0 Å². The number of esters is 1. The molecular formula is C29H35N3O8S. The van der Waals surface area contributed by atoms with Crippen LogP contribution in [0.1, 0.15) is 38.4 Å². The minimum absolute atomic E-state index is 0.0510. The third-order valence-electron chi connectivity index (χ3n) is 6.64. The van der Waals surface area contributed by atoms with Crippen molar-refractivity contribution in [3.05, 3.63) is 65.9 Å². The lowest BCUT2D eigenvalue weighted by Gasteiger charge is -2.42. The van der Waals surface area contributed by atoms with Gasteiger partial charge in [0.15, 0.2) is 5.60 Å². The number of carbonyl (C=O) groups excluding carboxylic acids is 2. The molecule has 12 heteroatoms. The highest BCUT2D eigenvalue weighted by atomic mass is 32.2. The van der Waals surface area contributed by atoms with E-state index < -0.39 is 45.9 Å². The van der Waals surface area contributed by atoms with Crippen LogP contribution in [0.15, 0.2) is 59.5 Å². The predicted octanol–water partition coefficient (Wildman–Crippen LogP) is 3.31. The molecule has 2 atom stereocenters. The lowest BCUT2D eigenvalue weighted by Crippen LogP contribution is -2.67. The maximum Gasteiger partial charge on any atom is 0.410 e. The molecule has 0 radical (unpaired) electrons. The summed E-state index contributed by atoms with van der Waals surface area (Å²) in [5, 5.41) is 12.2. The summed E-state index contributed by atoms with van der Waals surface area (Å²) in [6.07, 6.45) is -0.781. The minimum atomic E-state index is -4.17. The summed E-state index contributed by atoms with van der Waals surface area (Å²) >= 11 is 0. The van der Waals surface area contributed by atoms with Crippen LogP contribution >= 0.6 is 0 Å². The first-order valence-corrected chi connectivity index (χ1v) is 14.6. The number of para-hydroxylation sites is 1. The predicted molar refractivity (Wildman–Crippen MR) is 151 cm³/mol. The van der Waals surface area contributed by atoms with Crippen LogP contribution < -0.4 is 9.46 Å². The number of nitrogens with zero attached hydrogens (tertiary/aromatic N) is 2. The van der Waals surface area contributed by atoms with Gasteiger partial charge in [-0.3, -0.25) is 4.98 Å². The van der Waals surface area contributed by atoms with Crippen LogP contribution in [0.3, 0.4) is 0 Å². The Morgan fingerprint density at radius 2 is 1.83 bits per heavy atom. The Bertz CT molecular complexity index is 1540. The molecule has 0 spiro atoms. The van der Waals surface area contributed by atoms with Crippen molar-refractivity contribution in [2.45, 2.75) is 62.9 Å². The number of aliphatic hydroxyl groups is 1. The van der Waals surface area contributed by atoms with Gasteiger partial charge in [-0.1, -0.05) is 18.2 Å². The summed E-state index contributed by atoms with van der Waals surface area (Å²) in [4.78, 5) is 30.8. The summed E-state index contributed by atoms with van der Waals surface area (Å²) < 4.78 is 45.0. The van der Waals surface area contributed by atoms with E-state index in [1.165, 1.54) is 24.3 Å². The van der Waals surface area contributed by atoms with Gasteiger partial charge in [0.25, 0.3) is 0 Å². The van der Waals surface area contributed by atoms with Crippen molar-refractivity contribution in [2.75, 3.05) is 20.2 Å². The van der Waals surface area contributed by atoms with Crippen molar-refractivity contribution in [1.82, 2.24) is 14.6 Å². The fourth-order valence-corrected chi connectivity index (χ4v) is 5.99. The molecule has 2 N–H and O–H groups in total. The largest absolute Gasteiger partial charge is 0.489 e. The molecule has 1 fully saturated rings. The third-order valence-corrected chi connectivity index (χ3v) is 8.13. The Balaban J connectivity index is 1.47. The van der Waals surface area contributed by atoms with Crippen LogP contribution in [0.4, 0.5) is 4.79 Å². The van der Waals surface area contributed by atoms with Crippen molar-refractivity contribution >= 4 is 33.0 Å². The van der Waals surface area contributed by atoms with Crippen LogP contribution in [-0.4, -0.2) is 72.9 Å². The second-order valence-electron chi connectivity index (χ2n) is 11.0. The average Bonchev–Trinajstić information content (AvgIpc) is 2.91. The van der Waals surface area contributed by atoms with E-state index in [0.717, 1.165) is 34.2 Å². The third kappa shape index (κ3) is 6.95. The number of amides is 1. The van der Waals surface area contributed by atoms with Crippen molar-refractivity contribution < 1.29 is 37.3 Å². The van der Waals surface area contributed by atoms with Gasteiger partial charge in [-0.05, 0) is 70.5 Å². The second-order valence-corrected chi connectivity index (χ2v) is 12.7. The lowest BCUT2D eigenvalue weighted by molar-refractivity contribution is -0.170. The topological polar surface area (TPSA) is 144 Å². The van der Waals surface area contributed by atoms with E-state index in [2.05, 4.69) is 9.71 Å². The first-order valence-electron chi connectivity index (χ1n) is 13.1. The second kappa shape index (κ2) is 11.6. The highest BCUT2D eigenvalue weighted by Gasteiger charge is 2.52. The Labute approximate surface area is 239 Å². The molecule has 4 rings (SSSR count). The molecule has 1 aromatic heterocycles. The van der Waals surface area contributed by atoms with Gasteiger partial charge in [0.2, 0.25) is 10.0 Å². The van der Waals surface area contributed by atoms with Gasteiger partial charge >= 0.3 is 12.1 Å². The van der Waals surface area contributed by atoms with E-state index in [9.17, 15) is 23.1 Å². The lowest BCUT2D eigenvalue weighted by atomic mass is 9.88. The minimum Gasteiger partial charge on any atom is -0.489 e. The number of carbonyl (C=O) groups is 2. The van der Waals surface area contributed by atoms with E-state index in [1.807, 2.05) is 37.3 Å². The molecule has 1 aliphatic rings. The van der Waals surface area contributed by atoms with Crippen LogP contribution in [0.2, 0.25) is 0 Å². The van der Waals surface area contributed by atoms with Gasteiger partial charge in [0.05, 0.1) is 30.1 Å². The molecule has 0 bridgehead atoms. The molecule has 1 amide bonds. The number of pyridine rings is 1. The van der Waals surface area contributed by atoms with Crippen molar-refractivity contribution in [2.24, 2.45) is 0 Å². The molecule has 3 aromatic rings. The number of likely N-dealkylation sites (tertiary alicyclic amines) is 1. The average molecular weight is 586 g/mol. The monoisotopic (exact) mass is 585 g/mol. The fourth-order valence-electron chi connectivity index (χ4n) is 4.67. The van der Waals surface area contributed by atoms with E-state index in [1.54, 1.807) is 20.8 Å². The summed E-state index contributed by atoms with van der Waals surface area (Å²) in [5.41, 5.74) is -0.446. The summed E-state index contributed by atoms with van der Waals surface area (Å²) in [5.74, 6) is -0.611. The Morgan fingerprint density at radius 3 is 2.49 bits per heavy atom. The number of sulfonamides is 1. The molecule has 1 saturated heterocycles. The molecular weight excluding hydrogens is 550 g/mol. The number of piperidine rings is 1. The zero-order valence-corrected chi connectivity index (χ0v) is 24.5. The number of hydrogen-bond donors (Lipinski definition) is 2. The normalized spacial score (nSPS) is 19.6. The molecule has 41 heavy (non-hydrogen) atoms. The van der Waals surface area contributed by atoms with Gasteiger partial charge in [-0.25, -0.2) is 22.7 Å². The maximum absolute atomic E-state index is 13.2. The number of benzene rings is 2. The molecule has 0 saturated carbocycles. The smallest absolute Gasteiger partial charge is 0.410 e. The number of aromatic nitrogens is 1. The number of aryl methyl sites for hydroxylation is 1. The molecule has 2 heterocycles. The first-order chi connectivity index (χ1) is 19.2. The van der Waals surface area contributed by atoms with Crippen molar-refractivity contribution in [1.29, 1.82) is 0 Å². The van der Waals surface area contributed by atoms with Crippen molar-refractivity contribution in [3.63, 3.8) is 0 Å². The number of nitrogens with one attached hydrogen (secondary N) is 1. The first kappa shape index (κ1) is 30.2. The van der Waals surface area contributed by atoms with Crippen LogP contribution in [0.5, 0.6) is 5.75 Å². The fraction of sp³-hybridized carbons (Fsp3) is 0.414. The van der Waals surface area contributed by atoms with Gasteiger partial charge < -0.3 is 24.2 Å². The van der Waals surface area contributed by atoms with Crippen LogP contribution in [0.25, 0.3) is 10.9 Å². The summed E-state index contributed by atoms with van der Waals surface area (Å²) in [7, 11) is -3.10. The number of fused-ring (bicyclic) bond motifs is 1. The Morgan fingerprint density at radius 1 is 1.15 bits per heavy atom. The highest BCUT2D eigenvalue weighted by Crippen LogP contribution is 2.28. The van der Waals surface area contributed by atoms with E-state index in [4.69, 9.17) is 14.2 Å². The van der Waals surface area contributed by atoms with E-state index >= 15 is 0 Å². The van der Waals surface area contributed by atoms with E-state index in [0.29, 0.717) is 5.75 Å². The van der Waals surface area contributed by atoms with Gasteiger partial charge in [-0.2, -0.15) is 0 Å². The SMILES string of the molecule is COC(=O)[C@@]1(O)CN(C(=O)OC(C)(C)C)CC[C@H]1NS(=O)(=O)c1ccc(OCc2cc(C)nc3ccccc23)cc1. The van der Waals surface area contributed by atoms with Gasteiger partial charge in [0, 0.05) is 23.2 Å². The number of rotatable bonds is 7. The van der Waals surface area contributed by atoms with Crippen molar-refractivity contribution in [3.8, 4) is 5.75 Å². The number of ether oxygens (including phenoxy) is 3. The molecule has 11 nitrogen and oxygen atoms in total. The number of methoxy groups -OCH3 is 1. The molecule has 1 aliphatic heterocycles. The molecule has 0 aliphatic carbocycles. The number of hydrogen-bond acceptors (Lipinski definition) is 9. The summed E-state index contributed by atoms with van der Waals surface area (Å²) in [6, 6.07) is 14.3. The molecule has 0 unspecified atom stereocenters. The van der Waals surface area contributed by atoms with Crippen LogP contribution in [-0.2, 0) is 30.9 Å². The summed E-state index contributed by atoms with van der Waals surface area (Å²) in [6.45, 7) is 6.79. The van der Waals surface area contributed by atoms with Gasteiger partial charge in [0.1, 0.15) is 18.0 Å². The van der Waals surface area contributed by atoms with E-state index in [-0.39, 0.29) is 24.5 Å². The van der Waals surface area contributed by atoms with Crippen LogP contribution in [0, 0.1) is 6.92 Å². The zero-order valence-electron chi connectivity index (χ0n) is 23.7. The maximum atomic E-state index is 13.2. The Kier molecular flexibility index (Phi) is 8.57. The molecule has 2 aromatic carbocycles. The standard InChI is InChI=1S/C29H35N3O8S/c1-19-16-20(23-8-6-7-9-24(23)30-19)17-39-21-10-12-22(13-11-21)41(36,37)31-25-14-15-32(27(34)40-28(2,3)4)18-29(25,35)26(33)38-5/h6-13,16,25,31,35H,14-15,17-18H2,1-5H3/t25-,29-/m1/s1. The zero-order chi connectivity index (χ0) is 30.0.